The summed E-state index contributed by atoms with van der Waals surface area (Å²) in [6.07, 6.45) is 0. The molecular formula is C57H43N. The minimum absolute atomic E-state index is 0.127. The fraction of sp³-hybridized carbons (Fsp3) is 0.0877. The largest absolute Gasteiger partial charge is 0.310 e. The third-order valence-corrected chi connectivity index (χ3v) is 13.1. The Morgan fingerprint density at radius 3 is 1.72 bits per heavy atom. The van der Waals surface area contributed by atoms with Gasteiger partial charge in [-0.1, -0.05) is 184 Å². The highest BCUT2D eigenvalue weighted by atomic mass is 15.1. The van der Waals surface area contributed by atoms with Crippen LogP contribution in [0.5, 0.6) is 0 Å². The predicted octanol–water partition coefficient (Wildman–Crippen LogP) is 15.3. The molecule has 9 aromatic rings. The lowest BCUT2D eigenvalue weighted by atomic mass is 9.74. The fourth-order valence-electron chi connectivity index (χ4n) is 10.2. The summed E-state index contributed by atoms with van der Waals surface area (Å²) in [5, 5.41) is 2.50. The van der Waals surface area contributed by atoms with E-state index >= 15 is 0 Å². The first-order valence-electron chi connectivity index (χ1n) is 20.4. The van der Waals surface area contributed by atoms with E-state index in [0.717, 1.165) is 17.1 Å². The Hall–Kier alpha value is -6.96. The lowest BCUT2D eigenvalue weighted by Crippen LogP contribution is -2.23. The van der Waals surface area contributed by atoms with Crippen LogP contribution in [0.15, 0.2) is 206 Å². The van der Waals surface area contributed by atoms with Gasteiger partial charge >= 0.3 is 0 Å². The van der Waals surface area contributed by atoms with Gasteiger partial charge in [0.15, 0.2) is 0 Å². The molecule has 1 nitrogen and oxygen atoms in total. The van der Waals surface area contributed by atoms with Gasteiger partial charge in [0.1, 0.15) is 0 Å². The Labute approximate surface area is 341 Å². The van der Waals surface area contributed by atoms with E-state index in [9.17, 15) is 0 Å². The molecule has 0 aliphatic heterocycles. The quantitative estimate of drug-likeness (QED) is 0.164. The van der Waals surface area contributed by atoms with E-state index < -0.39 is 0 Å². The zero-order chi connectivity index (χ0) is 39.0. The van der Waals surface area contributed by atoms with Gasteiger partial charge in [0.25, 0.3) is 0 Å². The molecule has 276 valence electrons. The fourth-order valence-corrected chi connectivity index (χ4v) is 10.2. The van der Waals surface area contributed by atoms with Crippen molar-refractivity contribution in [3.05, 3.63) is 234 Å². The number of hydrogen-bond donors (Lipinski definition) is 0. The Morgan fingerprint density at radius 1 is 0.345 bits per heavy atom. The molecule has 9 aromatic carbocycles. The number of rotatable bonds is 6. The van der Waals surface area contributed by atoms with Gasteiger partial charge in [-0.3, -0.25) is 0 Å². The van der Waals surface area contributed by atoms with E-state index in [1.807, 2.05) is 0 Å². The first-order chi connectivity index (χ1) is 28.4. The zero-order valence-corrected chi connectivity index (χ0v) is 33.1. The average molecular weight is 742 g/mol. The maximum atomic E-state index is 2.49. The SMILES string of the molecule is CC1(C)c2ccccc2-c2ccc(N(c3cccc(-c4cccc5ccccc45)c3)c3ccc4c(c3)C(C)(c3ccccc3)c3cccc(-c5ccccc5)c3-4)cc21. The minimum atomic E-state index is -0.370. The number of fused-ring (bicyclic) bond motifs is 7. The van der Waals surface area contributed by atoms with E-state index in [2.05, 4.69) is 232 Å². The van der Waals surface area contributed by atoms with Crippen molar-refractivity contribution in [2.75, 3.05) is 4.90 Å². The van der Waals surface area contributed by atoms with Crippen LogP contribution in [0, 0.1) is 0 Å². The summed E-state index contributed by atoms with van der Waals surface area (Å²) < 4.78 is 0. The van der Waals surface area contributed by atoms with E-state index in [4.69, 9.17) is 0 Å². The first-order valence-corrected chi connectivity index (χ1v) is 20.4. The van der Waals surface area contributed by atoms with Crippen LogP contribution < -0.4 is 4.90 Å². The minimum Gasteiger partial charge on any atom is -0.310 e. The smallest absolute Gasteiger partial charge is 0.0467 e. The molecule has 0 aromatic heterocycles. The van der Waals surface area contributed by atoms with Crippen molar-refractivity contribution in [1.29, 1.82) is 0 Å². The molecule has 11 rings (SSSR count). The molecule has 0 saturated heterocycles. The summed E-state index contributed by atoms with van der Waals surface area (Å²) in [6, 6.07) is 76.5. The second-order valence-corrected chi connectivity index (χ2v) is 16.6. The molecule has 1 heteroatoms. The Morgan fingerprint density at radius 2 is 0.897 bits per heavy atom. The van der Waals surface area contributed by atoms with Crippen molar-refractivity contribution in [3.63, 3.8) is 0 Å². The molecule has 0 fully saturated rings. The molecule has 0 saturated carbocycles. The van der Waals surface area contributed by atoms with Crippen LogP contribution in [-0.4, -0.2) is 0 Å². The van der Waals surface area contributed by atoms with Crippen LogP contribution in [0.4, 0.5) is 17.1 Å². The predicted molar refractivity (Wildman–Crippen MR) is 245 cm³/mol. The van der Waals surface area contributed by atoms with Gasteiger partial charge in [0, 0.05) is 27.9 Å². The van der Waals surface area contributed by atoms with Crippen LogP contribution in [0.25, 0.3) is 55.3 Å². The first kappa shape index (κ1) is 34.3. The lowest BCUT2D eigenvalue weighted by Gasteiger charge is -2.31. The van der Waals surface area contributed by atoms with Gasteiger partial charge < -0.3 is 4.90 Å². The summed E-state index contributed by atoms with van der Waals surface area (Å²) in [4.78, 5) is 2.49. The van der Waals surface area contributed by atoms with Crippen molar-refractivity contribution < 1.29 is 0 Å². The van der Waals surface area contributed by atoms with Gasteiger partial charge in [0.2, 0.25) is 0 Å². The molecule has 1 atom stereocenters. The monoisotopic (exact) mass is 741 g/mol. The average Bonchev–Trinajstić information content (AvgIpc) is 3.68. The van der Waals surface area contributed by atoms with E-state index in [1.54, 1.807) is 0 Å². The van der Waals surface area contributed by atoms with Crippen molar-refractivity contribution in [2.24, 2.45) is 0 Å². The van der Waals surface area contributed by atoms with Crippen LogP contribution >= 0.6 is 0 Å². The summed E-state index contributed by atoms with van der Waals surface area (Å²) in [7, 11) is 0. The van der Waals surface area contributed by atoms with Crippen LogP contribution in [0.3, 0.4) is 0 Å². The summed E-state index contributed by atoms with van der Waals surface area (Å²) in [5.41, 5.74) is 19.8. The summed E-state index contributed by atoms with van der Waals surface area (Å²) in [6.45, 7) is 7.16. The van der Waals surface area contributed by atoms with Gasteiger partial charge in [-0.2, -0.15) is 0 Å². The maximum Gasteiger partial charge on any atom is 0.0467 e. The van der Waals surface area contributed by atoms with Gasteiger partial charge in [-0.05, 0) is 126 Å². The third-order valence-electron chi connectivity index (χ3n) is 13.1. The second-order valence-electron chi connectivity index (χ2n) is 16.6. The molecule has 0 radical (unpaired) electrons. The highest BCUT2D eigenvalue weighted by Gasteiger charge is 2.42. The van der Waals surface area contributed by atoms with Gasteiger partial charge in [0.05, 0.1) is 0 Å². The van der Waals surface area contributed by atoms with Gasteiger partial charge in [-0.25, -0.2) is 0 Å². The van der Waals surface area contributed by atoms with Crippen molar-refractivity contribution >= 4 is 27.8 Å². The topological polar surface area (TPSA) is 3.24 Å². The Balaban J connectivity index is 1.15. The molecule has 0 heterocycles. The molecule has 0 amide bonds. The normalized spacial score (nSPS) is 15.7. The molecule has 2 aliphatic carbocycles. The van der Waals surface area contributed by atoms with Crippen LogP contribution in [0.2, 0.25) is 0 Å². The van der Waals surface area contributed by atoms with E-state index in [0.29, 0.717) is 0 Å². The second kappa shape index (κ2) is 13.0. The number of nitrogens with zero attached hydrogens (tertiary/aromatic N) is 1. The highest BCUT2D eigenvalue weighted by Crippen LogP contribution is 2.57. The zero-order valence-electron chi connectivity index (χ0n) is 33.1. The van der Waals surface area contributed by atoms with E-state index in [-0.39, 0.29) is 10.8 Å². The van der Waals surface area contributed by atoms with Crippen LogP contribution in [0.1, 0.15) is 48.6 Å². The molecule has 1 unspecified atom stereocenters. The molecule has 58 heavy (non-hydrogen) atoms. The van der Waals surface area contributed by atoms with Crippen molar-refractivity contribution in [2.45, 2.75) is 31.6 Å². The molecular weight excluding hydrogens is 699 g/mol. The van der Waals surface area contributed by atoms with E-state index in [1.165, 1.54) is 83.1 Å². The molecule has 2 aliphatic rings. The van der Waals surface area contributed by atoms with Gasteiger partial charge in [-0.15, -0.1) is 0 Å². The number of hydrogen-bond acceptors (Lipinski definition) is 1. The Kier molecular flexibility index (Phi) is 7.72. The summed E-state index contributed by atoms with van der Waals surface area (Å²) >= 11 is 0. The standard InChI is InChI=1S/C57H43N/c1-56(2)51-29-13-12-26-48(51)49-33-31-43(36-53(49)56)58(42-24-14-21-40(35-42)46-27-15-20-38-19-10-11-25-45(38)46)44-32-34-50-54(37-44)57(3,41-22-8-5-9-23-41)52-30-16-28-47(55(50)52)39-17-6-4-7-18-39/h4-37H,1-3H3. The Bertz CT molecular complexity index is 3040. The van der Waals surface area contributed by atoms with Crippen LogP contribution in [-0.2, 0) is 10.8 Å². The maximum absolute atomic E-state index is 2.49. The highest BCUT2D eigenvalue weighted by molar-refractivity contribution is 5.99. The lowest BCUT2D eigenvalue weighted by molar-refractivity contribution is 0.660. The molecule has 0 N–H and O–H groups in total. The number of benzene rings is 9. The molecule has 0 bridgehead atoms. The van der Waals surface area contributed by atoms with Crippen molar-refractivity contribution in [1.82, 2.24) is 0 Å². The number of anilines is 3. The summed E-state index contributed by atoms with van der Waals surface area (Å²) in [5.74, 6) is 0. The third kappa shape index (κ3) is 5.10. The molecule has 0 spiro atoms. The van der Waals surface area contributed by atoms with Crippen molar-refractivity contribution in [3.8, 4) is 44.5 Å².